The van der Waals surface area contributed by atoms with Gasteiger partial charge in [0.2, 0.25) is 12.7 Å². The predicted octanol–water partition coefficient (Wildman–Crippen LogP) is 0.592. The average Bonchev–Trinajstić information content (AvgIpc) is 3.08. The van der Waals surface area contributed by atoms with Gasteiger partial charge in [0.25, 0.3) is 10.2 Å². The molecule has 0 bridgehead atoms. The van der Waals surface area contributed by atoms with Crippen molar-refractivity contribution in [2.45, 2.75) is 19.3 Å². The van der Waals surface area contributed by atoms with Crippen LogP contribution in [0.1, 0.15) is 18.4 Å². The van der Waals surface area contributed by atoms with Crippen LogP contribution in [0.2, 0.25) is 0 Å². The Morgan fingerprint density at radius 1 is 1.31 bits per heavy atom. The number of carbonyl (C=O) groups excluding carboxylic acids is 1. The predicted molar refractivity (Wildman–Crippen MR) is 96.2 cm³/mol. The number of benzene rings is 1. The lowest BCUT2D eigenvalue weighted by Gasteiger charge is -2.33. The zero-order chi connectivity index (χ0) is 18.7. The third kappa shape index (κ3) is 4.46. The summed E-state index contributed by atoms with van der Waals surface area (Å²) in [7, 11) is -0.455. The summed E-state index contributed by atoms with van der Waals surface area (Å²) in [6.45, 7) is 1.83. The van der Waals surface area contributed by atoms with Crippen LogP contribution < -0.4 is 14.2 Å². The van der Waals surface area contributed by atoms with Crippen molar-refractivity contribution >= 4 is 16.1 Å². The van der Waals surface area contributed by atoms with Crippen LogP contribution in [0, 0.1) is 5.92 Å². The highest BCUT2D eigenvalue weighted by Gasteiger charge is 2.25. The summed E-state index contributed by atoms with van der Waals surface area (Å²) in [6, 6.07) is 5.53. The second kappa shape index (κ2) is 7.81. The van der Waals surface area contributed by atoms with E-state index >= 15 is 0 Å². The van der Waals surface area contributed by atoms with Gasteiger partial charge in [-0.3, -0.25) is 4.79 Å². The zero-order valence-electron chi connectivity index (χ0n) is 15.1. The number of carbonyl (C=O) groups is 1. The molecular formula is C17H25N3O5S. The number of piperidine rings is 1. The van der Waals surface area contributed by atoms with Crippen LogP contribution in [-0.2, 0) is 21.4 Å². The molecule has 1 unspecified atom stereocenters. The summed E-state index contributed by atoms with van der Waals surface area (Å²) in [6.07, 6.45) is 2.08. The minimum atomic E-state index is -3.44. The van der Waals surface area contributed by atoms with E-state index in [1.807, 2.05) is 23.1 Å². The topological polar surface area (TPSA) is 88.2 Å². The monoisotopic (exact) mass is 383 g/mol. The fourth-order valence-electron chi connectivity index (χ4n) is 3.15. The van der Waals surface area contributed by atoms with Crippen molar-refractivity contribution in [3.8, 4) is 11.5 Å². The maximum absolute atomic E-state index is 12.6. The highest BCUT2D eigenvalue weighted by Crippen LogP contribution is 2.32. The maximum atomic E-state index is 12.6. The molecule has 1 aromatic rings. The summed E-state index contributed by atoms with van der Waals surface area (Å²) < 4.78 is 38.0. The van der Waals surface area contributed by atoms with Crippen LogP contribution >= 0.6 is 0 Å². The average molecular weight is 383 g/mol. The molecule has 2 aliphatic rings. The van der Waals surface area contributed by atoms with Crippen LogP contribution in [0.3, 0.4) is 0 Å². The van der Waals surface area contributed by atoms with Crippen molar-refractivity contribution in [2.75, 3.05) is 40.5 Å². The van der Waals surface area contributed by atoms with Crippen molar-refractivity contribution in [2.24, 2.45) is 5.92 Å². The van der Waals surface area contributed by atoms with Crippen molar-refractivity contribution in [3.63, 3.8) is 0 Å². The van der Waals surface area contributed by atoms with Gasteiger partial charge < -0.3 is 14.4 Å². The Balaban J connectivity index is 1.54. The number of ether oxygens (including phenoxy) is 2. The molecule has 0 aromatic heterocycles. The smallest absolute Gasteiger partial charge is 0.278 e. The minimum Gasteiger partial charge on any atom is -0.454 e. The molecule has 3 rings (SSSR count). The third-order valence-corrected chi connectivity index (χ3v) is 6.19. The molecular weight excluding hydrogens is 358 g/mol. The number of amides is 1. The number of rotatable bonds is 6. The van der Waals surface area contributed by atoms with Crippen LogP contribution in [0.25, 0.3) is 0 Å². The lowest BCUT2D eigenvalue weighted by molar-refractivity contribution is -0.132. The third-order valence-electron chi connectivity index (χ3n) is 4.70. The van der Waals surface area contributed by atoms with Gasteiger partial charge >= 0.3 is 0 Å². The van der Waals surface area contributed by atoms with E-state index in [4.69, 9.17) is 9.47 Å². The molecule has 0 radical (unpaired) electrons. The van der Waals surface area contributed by atoms with Crippen molar-refractivity contribution in [1.29, 1.82) is 0 Å². The summed E-state index contributed by atoms with van der Waals surface area (Å²) in [5.41, 5.74) is 0.884. The summed E-state index contributed by atoms with van der Waals surface area (Å²) in [5, 5.41) is 0. The number of fused-ring (bicyclic) bond motifs is 1. The van der Waals surface area contributed by atoms with Gasteiger partial charge in [-0.2, -0.15) is 12.7 Å². The first-order valence-electron chi connectivity index (χ1n) is 8.68. The molecule has 1 fully saturated rings. The SMILES string of the molecule is CN(C)S(=O)(=O)NCC1CCCN(C(=O)Cc2ccc3c(c2)OCO3)C1. The van der Waals surface area contributed by atoms with E-state index in [0.717, 1.165) is 22.7 Å². The van der Waals surface area contributed by atoms with Gasteiger partial charge in [0.15, 0.2) is 11.5 Å². The largest absolute Gasteiger partial charge is 0.454 e. The lowest BCUT2D eigenvalue weighted by atomic mass is 9.97. The Kier molecular flexibility index (Phi) is 5.69. The molecule has 1 aromatic carbocycles. The normalized spacial score (nSPS) is 19.8. The molecule has 0 saturated carbocycles. The first-order chi connectivity index (χ1) is 12.3. The van der Waals surface area contributed by atoms with Crippen LogP contribution in [0.4, 0.5) is 0 Å². The van der Waals surface area contributed by atoms with Crippen LogP contribution in [0.5, 0.6) is 11.5 Å². The van der Waals surface area contributed by atoms with E-state index in [0.29, 0.717) is 37.6 Å². The Morgan fingerprint density at radius 2 is 2.08 bits per heavy atom. The molecule has 0 spiro atoms. The summed E-state index contributed by atoms with van der Waals surface area (Å²) in [4.78, 5) is 14.5. The second-order valence-electron chi connectivity index (χ2n) is 6.85. The van der Waals surface area contributed by atoms with Gasteiger partial charge in [0.05, 0.1) is 6.42 Å². The van der Waals surface area contributed by atoms with Gasteiger partial charge in [0, 0.05) is 33.7 Å². The van der Waals surface area contributed by atoms with Gasteiger partial charge in [0.1, 0.15) is 0 Å². The van der Waals surface area contributed by atoms with Crippen molar-refractivity contribution in [3.05, 3.63) is 23.8 Å². The van der Waals surface area contributed by atoms with E-state index in [1.165, 1.54) is 14.1 Å². The second-order valence-corrected chi connectivity index (χ2v) is 8.82. The maximum Gasteiger partial charge on any atom is 0.278 e. The fourth-order valence-corrected chi connectivity index (χ4v) is 3.85. The molecule has 1 atom stereocenters. The zero-order valence-corrected chi connectivity index (χ0v) is 15.9. The van der Waals surface area contributed by atoms with E-state index in [1.54, 1.807) is 0 Å². The standard InChI is InChI=1S/C17H25N3O5S/c1-19(2)26(22,23)18-10-14-4-3-7-20(11-14)17(21)9-13-5-6-15-16(8-13)25-12-24-15/h5-6,8,14,18H,3-4,7,9-12H2,1-2H3. The fraction of sp³-hybridized carbons (Fsp3) is 0.588. The first kappa shape index (κ1) is 18.9. The quantitative estimate of drug-likeness (QED) is 0.777. The number of nitrogens with one attached hydrogen (secondary N) is 1. The molecule has 1 N–H and O–H groups in total. The Bertz CT molecular complexity index is 766. The Morgan fingerprint density at radius 3 is 2.85 bits per heavy atom. The Labute approximate surface area is 154 Å². The number of hydrogen-bond donors (Lipinski definition) is 1. The van der Waals surface area contributed by atoms with E-state index in [-0.39, 0.29) is 18.6 Å². The molecule has 26 heavy (non-hydrogen) atoms. The summed E-state index contributed by atoms with van der Waals surface area (Å²) in [5.74, 6) is 1.54. The molecule has 9 heteroatoms. The highest BCUT2D eigenvalue weighted by molar-refractivity contribution is 7.87. The molecule has 2 aliphatic heterocycles. The lowest BCUT2D eigenvalue weighted by Crippen LogP contribution is -2.45. The first-order valence-corrected chi connectivity index (χ1v) is 10.1. The molecule has 144 valence electrons. The molecule has 1 saturated heterocycles. The van der Waals surface area contributed by atoms with Gasteiger partial charge in [-0.1, -0.05) is 6.07 Å². The van der Waals surface area contributed by atoms with E-state index < -0.39 is 10.2 Å². The molecule has 1 amide bonds. The number of likely N-dealkylation sites (tertiary alicyclic amines) is 1. The van der Waals surface area contributed by atoms with E-state index in [2.05, 4.69) is 4.72 Å². The van der Waals surface area contributed by atoms with Gasteiger partial charge in [-0.05, 0) is 36.5 Å². The number of nitrogens with zero attached hydrogens (tertiary/aromatic N) is 2. The Hall–Kier alpha value is -1.84. The van der Waals surface area contributed by atoms with Gasteiger partial charge in [-0.25, -0.2) is 4.72 Å². The summed E-state index contributed by atoms with van der Waals surface area (Å²) >= 11 is 0. The van der Waals surface area contributed by atoms with Crippen LogP contribution in [-0.4, -0.2) is 64.1 Å². The number of hydrogen-bond acceptors (Lipinski definition) is 5. The van der Waals surface area contributed by atoms with Crippen molar-refractivity contribution < 1.29 is 22.7 Å². The van der Waals surface area contributed by atoms with Gasteiger partial charge in [-0.15, -0.1) is 0 Å². The molecule has 2 heterocycles. The van der Waals surface area contributed by atoms with Crippen LogP contribution in [0.15, 0.2) is 18.2 Å². The molecule has 8 nitrogen and oxygen atoms in total. The highest BCUT2D eigenvalue weighted by atomic mass is 32.2. The van der Waals surface area contributed by atoms with E-state index in [9.17, 15) is 13.2 Å². The molecule has 0 aliphatic carbocycles. The van der Waals surface area contributed by atoms with Crippen molar-refractivity contribution in [1.82, 2.24) is 13.9 Å². The minimum absolute atomic E-state index is 0.0454.